The van der Waals surface area contributed by atoms with E-state index in [4.69, 9.17) is 19.2 Å². The highest BCUT2D eigenvalue weighted by Crippen LogP contribution is 2.34. The van der Waals surface area contributed by atoms with Gasteiger partial charge in [-0.15, -0.1) is 0 Å². The van der Waals surface area contributed by atoms with Crippen molar-refractivity contribution in [2.45, 2.75) is 69.4 Å². The van der Waals surface area contributed by atoms with Crippen LogP contribution >= 0.6 is 0 Å². The number of hydrogen-bond donors (Lipinski definition) is 1. The highest BCUT2D eigenvalue weighted by Gasteiger charge is 2.39. The number of nitrogens with one attached hydrogen (secondary N) is 1. The molecule has 2 saturated heterocycles. The van der Waals surface area contributed by atoms with Crippen molar-refractivity contribution >= 4 is 45.5 Å². The lowest BCUT2D eigenvalue weighted by atomic mass is 9.91. The number of rotatable bonds is 9. The first-order valence-electron chi connectivity index (χ1n) is 20.4. The Morgan fingerprint density at radius 3 is 2.53 bits per heavy atom. The molecule has 0 spiro atoms. The minimum atomic E-state index is -0.657. The second-order valence-electron chi connectivity index (χ2n) is 15.8. The van der Waals surface area contributed by atoms with Crippen molar-refractivity contribution in [3.05, 3.63) is 102 Å². The maximum absolute atomic E-state index is 13.0. The van der Waals surface area contributed by atoms with Crippen LogP contribution < -0.4 is 19.7 Å². The van der Waals surface area contributed by atoms with Crippen LogP contribution in [0.1, 0.15) is 60.1 Å². The van der Waals surface area contributed by atoms with Gasteiger partial charge in [-0.2, -0.15) is 0 Å². The predicted octanol–water partition coefficient (Wildman–Crippen LogP) is 5.37. The average molecular weight is 803 g/mol. The van der Waals surface area contributed by atoms with Crippen LogP contribution in [0, 0.1) is 11.8 Å². The SMILES string of the molecule is Cn1c2ccncc2c2ccc(-c3ccc(O[C@H]4C[C@H](OC5CCN(c6nccc(C#CCOc7ccc8c(c7)CN(C7CCC(=O)NC7=O)C8=O)n6)CC5)C4)nc3)cc21. The summed E-state index contributed by atoms with van der Waals surface area (Å²) in [6.07, 6.45) is 11.8. The van der Waals surface area contributed by atoms with Crippen LogP contribution in [0.3, 0.4) is 0 Å². The zero-order valence-corrected chi connectivity index (χ0v) is 33.0. The first-order valence-corrected chi connectivity index (χ1v) is 20.4. The third-order valence-corrected chi connectivity index (χ3v) is 12.0. The van der Waals surface area contributed by atoms with Gasteiger partial charge in [0.15, 0.2) is 0 Å². The largest absolute Gasteiger partial charge is 0.481 e. The first kappa shape index (κ1) is 37.4. The number of anilines is 1. The summed E-state index contributed by atoms with van der Waals surface area (Å²) in [7, 11) is 2.09. The average Bonchev–Trinajstić information content (AvgIpc) is 3.74. The van der Waals surface area contributed by atoms with Crippen molar-refractivity contribution in [2.24, 2.45) is 7.05 Å². The molecule has 6 aromatic rings. The molecule has 3 amide bonds. The van der Waals surface area contributed by atoms with Gasteiger partial charge in [0.05, 0.1) is 17.7 Å². The molecule has 1 N–H and O–H groups in total. The summed E-state index contributed by atoms with van der Waals surface area (Å²) in [5.41, 5.74) is 6.38. The van der Waals surface area contributed by atoms with E-state index in [2.05, 4.69) is 72.9 Å². The second kappa shape index (κ2) is 15.7. The number of carbonyl (C=O) groups excluding carboxylic acids is 3. The van der Waals surface area contributed by atoms with E-state index < -0.39 is 11.9 Å². The molecule has 3 aliphatic heterocycles. The molecule has 3 fully saturated rings. The number of hydrogen-bond acceptors (Lipinski definition) is 11. The highest BCUT2D eigenvalue weighted by atomic mass is 16.5. The Hall–Kier alpha value is -6.85. The van der Waals surface area contributed by atoms with Crippen LogP contribution in [-0.4, -0.2) is 91.2 Å². The number of piperidine rings is 2. The Labute approximate surface area is 345 Å². The molecule has 4 aromatic heterocycles. The number of benzene rings is 2. The number of fused-ring (bicyclic) bond motifs is 4. The lowest BCUT2D eigenvalue weighted by molar-refractivity contribution is -0.136. The molecular weight excluding hydrogens is 761 g/mol. The smallest absolute Gasteiger partial charge is 0.255 e. The van der Waals surface area contributed by atoms with E-state index in [1.54, 1.807) is 30.5 Å². The number of ether oxygens (including phenoxy) is 3. The molecule has 10 rings (SSSR count). The molecular formula is C46H42N8O6. The van der Waals surface area contributed by atoms with Gasteiger partial charge >= 0.3 is 0 Å². The Morgan fingerprint density at radius 1 is 0.833 bits per heavy atom. The number of aromatic nitrogens is 5. The standard InChI is InChI=1S/C46H42N8O6/c1-52-39-13-16-47-26-38(39)37-7-4-28(22-41(37)52)29-5-11-43(49-25-29)60-35-23-34(24-35)59-32-14-18-53(19-15-32)46-48-17-12-31(50-46)3-2-20-58-33-6-8-36-30(21-33)27-54(45(36)57)40-9-10-42(55)51-44(40)56/h4-8,11-13,16-17,21-22,25-26,32,34-35,40H,9-10,14-15,18-20,23-24,27H2,1H3,(H,51,55,56)/t34-,35-,40?. The normalized spacial score (nSPS) is 20.4. The summed E-state index contributed by atoms with van der Waals surface area (Å²) in [5.74, 6) is 6.99. The van der Waals surface area contributed by atoms with Gasteiger partial charge in [-0.3, -0.25) is 24.7 Å². The maximum Gasteiger partial charge on any atom is 0.255 e. The molecule has 1 unspecified atom stereocenters. The quantitative estimate of drug-likeness (QED) is 0.148. The van der Waals surface area contributed by atoms with Gasteiger partial charge in [-0.25, -0.2) is 15.0 Å². The number of carbonyl (C=O) groups is 3. The Bertz CT molecular complexity index is 2710. The highest BCUT2D eigenvalue weighted by molar-refractivity contribution is 6.08. The monoisotopic (exact) mass is 802 g/mol. The summed E-state index contributed by atoms with van der Waals surface area (Å²) < 4.78 is 20.7. The van der Waals surface area contributed by atoms with Gasteiger partial charge in [-0.05, 0) is 78.8 Å². The molecule has 7 heterocycles. The summed E-state index contributed by atoms with van der Waals surface area (Å²) in [5, 5.41) is 4.67. The van der Waals surface area contributed by atoms with Gasteiger partial charge in [0, 0.05) is 104 Å². The Kier molecular flexibility index (Phi) is 9.81. The van der Waals surface area contributed by atoms with E-state index in [9.17, 15) is 14.4 Å². The van der Waals surface area contributed by atoms with Gasteiger partial charge in [0.25, 0.3) is 5.91 Å². The fourth-order valence-electron chi connectivity index (χ4n) is 8.67. The lowest BCUT2D eigenvalue weighted by Crippen LogP contribution is -2.52. The summed E-state index contributed by atoms with van der Waals surface area (Å²) in [4.78, 5) is 58.7. The second-order valence-corrected chi connectivity index (χ2v) is 15.8. The number of amides is 3. The van der Waals surface area contributed by atoms with Crippen molar-refractivity contribution in [3.8, 4) is 34.6 Å². The number of nitrogens with zero attached hydrogens (tertiary/aromatic N) is 7. The minimum absolute atomic E-state index is 0.0914. The Morgan fingerprint density at radius 2 is 1.70 bits per heavy atom. The van der Waals surface area contributed by atoms with Crippen molar-refractivity contribution in [3.63, 3.8) is 0 Å². The van der Waals surface area contributed by atoms with Crippen LogP contribution in [0.5, 0.6) is 11.6 Å². The minimum Gasteiger partial charge on any atom is -0.481 e. The molecule has 2 aromatic carbocycles. The molecule has 4 aliphatic rings. The summed E-state index contributed by atoms with van der Waals surface area (Å²) in [6, 6.07) is 18.9. The molecule has 0 bridgehead atoms. The topological polar surface area (TPSA) is 154 Å². The Balaban J connectivity index is 0.660. The van der Waals surface area contributed by atoms with Crippen molar-refractivity contribution in [2.75, 3.05) is 24.6 Å². The van der Waals surface area contributed by atoms with Crippen molar-refractivity contribution < 1.29 is 28.6 Å². The van der Waals surface area contributed by atoms with E-state index in [1.165, 1.54) is 10.3 Å². The molecule has 1 saturated carbocycles. The van der Waals surface area contributed by atoms with E-state index >= 15 is 0 Å². The van der Waals surface area contributed by atoms with E-state index in [0.717, 1.165) is 71.9 Å². The fourth-order valence-corrected chi connectivity index (χ4v) is 8.67. The molecule has 14 nitrogen and oxygen atoms in total. The lowest BCUT2D eigenvalue weighted by Gasteiger charge is -2.39. The molecule has 302 valence electrons. The predicted molar refractivity (Wildman–Crippen MR) is 222 cm³/mol. The maximum atomic E-state index is 13.0. The molecule has 60 heavy (non-hydrogen) atoms. The number of aryl methyl sites for hydroxylation is 1. The summed E-state index contributed by atoms with van der Waals surface area (Å²) in [6.45, 7) is 2.00. The van der Waals surface area contributed by atoms with Gasteiger partial charge < -0.3 is 28.6 Å². The third-order valence-electron chi connectivity index (χ3n) is 12.0. The van der Waals surface area contributed by atoms with Crippen LogP contribution in [-0.2, 0) is 27.9 Å². The third kappa shape index (κ3) is 7.37. The molecule has 1 atom stereocenters. The van der Waals surface area contributed by atoms with E-state index in [-0.39, 0.29) is 49.7 Å². The molecule has 1 aliphatic carbocycles. The van der Waals surface area contributed by atoms with Gasteiger partial charge in [0.1, 0.15) is 30.2 Å². The van der Waals surface area contributed by atoms with Gasteiger partial charge in [-0.1, -0.05) is 18.1 Å². The van der Waals surface area contributed by atoms with Crippen molar-refractivity contribution in [1.82, 2.24) is 34.7 Å². The zero-order chi connectivity index (χ0) is 40.7. The van der Waals surface area contributed by atoms with Crippen LogP contribution in [0.25, 0.3) is 32.9 Å². The molecule has 0 radical (unpaired) electrons. The fraction of sp³-hybridized carbons (Fsp3) is 0.326. The number of imide groups is 1. The van der Waals surface area contributed by atoms with Gasteiger partial charge in [0.2, 0.25) is 23.6 Å². The van der Waals surface area contributed by atoms with Crippen LogP contribution in [0.15, 0.2) is 85.5 Å². The van der Waals surface area contributed by atoms with Crippen molar-refractivity contribution in [1.29, 1.82) is 0 Å². The van der Waals surface area contributed by atoms with E-state index in [1.807, 2.05) is 30.7 Å². The van der Waals surface area contributed by atoms with E-state index in [0.29, 0.717) is 35.3 Å². The zero-order valence-electron chi connectivity index (χ0n) is 33.0. The summed E-state index contributed by atoms with van der Waals surface area (Å²) >= 11 is 0. The van der Waals surface area contributed by atoms with Crippen LogP contribution in [0.4, 0.5) is 5.95 Å². The first-order chi connectivity index (χ1) is 29.3. The molecule has 14 heteroatoms. The van der Waals surface area contributed by atoms with Crippen LogP contribution in [0.2, 0.25) is 0 Å². The number of pyridine rings is 2.